The molecule has 0 amide bonds. The van der Waals surface area contributed by atoms with Crippen LogP contribution >= 0.6 is 0 Å². The predicted molar refractivity (Wildman–Crippen MR) is 211 cm³/mol. The smallest absolute Gasteiger partial charge is 0.330 e. The quantitative estimate of drug-likeness (QED) is 0.201. The number of Topliss-reactive ketones (excluding diaryl/α,β-unsaturated/α-hetero) is 1. The van der Waals surface area contributed by atoms with E-state index in [1.807, 2.05) is 32.1 Å². The minimum Gasteiger partial charge on any atom is -0.458 e. The lowest BCUT2D eigenvalue weighted by molar-refractivity contribution is -0.371. The summed E-state index contributed by atoms with van der Waals surface area (Å²) in [6.07, 6.45) is 8.38. The van der Waals surface area contributed by atoms with E-state index in [-0.39, 0.29) is 35.9 Å². The largest absolute Gasteiger partial charge is 0.458 e. The van der Waals surface area contributed by atoms with Crippen LogP contribution in [0.5, 0.6) is 0 Å². The third-order valence-electron chi connectivity index (χ3n) is 13.3. The second kappa shape index (κ2) is 20.6. The van der Waals surface area contributed by atoms with Gasteiger partial charge in [0.1, 0.15) is 11.7 Å². The van der Waals surface area contributed by atoms with Crippen LogP contribution in [-0.4, -0.2) is 103 Å². The number of aliphatic hydroxyl groups excluding tert-OH is 5. The number of fused-ring (bicyclic) bond motifs is 2. The number of rotatable bonds is 3. The van der Waals surface area contributed by atoms with Gasteiger partial charge in [0.2, 0.25) is 0 Å². The first-order chi connectivity index (χ1) is 25.7. The van der Waals surface area contributed by atoms with Crippen molar-refractivity contribution in [2.24, 2.45) is 47.3 Å². The normalized spacial score (nSPS) is 45.6. The van der Waals surface area contributed by atoms with Gasteiger partial charge < -0.3 is 44.8 Å². The van der Waals surface area contributed by atoms with Crippen LogP contribution in [0.15, 0.2) is 36.5 Å². The van der Waals surface area contributed by atoms with Crippen LogP contribution in [0.3, 0.4) is 0 Å². The van der Waals surface area contributed by atoms with E-state index in [1.54, 1.807) is 40.7 Å². The van der Waals surface area contributed by atoms with Crippen molar-refractivity contribution in [1.29, 1.82) is 0 Å². The molecule has 6 N–H and O–H groups in total. The Balaban J connectivity index is 1.96. The molecule has 2 saturated heterocycles. The van der Waals surface area contributed by atoms with Gasteiger partial charge in [-0.3, -0.25) is 4.79 Å². The van der Waals surface area contributed by atoms with E-state index >= 15 is 0 Å². The van der Waals surface area contributed by atoms with Crippen LogP contribution < -0.4 is 0 Å². The average molecular weight is 779 g/mol. The third kappa shape index (κ3) is 12.0. The van der Waals surface area contributed by atoms with E-state index in [2.05, 4.69) is 19.9 Å². The zero-order valence-electron chi connectivity index (χ0n) is 35.1. The standard InChI is InChI=1S/C44H74O11/c1-11-33-16-14-12-13-15-27(4)42(51)43(10,52)37(47)24-34(46)29(6)40(50)31(8)39(49)26(3)17-20-38(48)53-41-30(7)35(19-18-33)54-44(32(41)9)22-21-25(2)36(55-44)23-28(5)45/h12-14,16-17,20,25-36,39-42,45-46,49-52H,11,15,18-19,21-24H2,1-10H3. The fourth-order valence-corrected chi connectivity index (χ4v) is 8.75. The molecule has 3 aliphatic rings. The number of hydrogen-bond acceptors (Lipinski definition) is 11. The highest BCUT2D eigenvalue weighted by atomic mass is 16.7. The van der Waals surface area contributed by atoms with Gasteiger partial charge in [0.15, 0.2) is 11.6 Å². The molecule has 0 radical (unpaired) electrons. The lowest BCUT2D eigenvalue weighted by Crippen LogP contribution is -2.62. The SMILES string of the molecule is CCC1C=CC=CCC(C)C(O)C(C)(O)C(=O)CC(O)C(C)C(O)C(C)C(O)C(C)C=CC(=O)OC2C(C)C(CC1)OC1(CCC(C)C(CC(C)O)O1)C2C. The van der Waals surface area contributed by atoms with Crippen molar-refractivity contribution >= 4 is 11.8 Å². The predicted octanol–water partition coefficient (Wildman–Crippen LogP) is 5.43. The second-order valence-electron chi connectivity index (χ2n) is 17.8. The summed E-state index contributed by atoms with van der Waals surface area (Å²) in [6.45, 7) is 18.0. The number of carbonyl (C=O) groups excluding carboxylic acids is 2. The summed E-state index contributed by atoms with van der Waals surface area (Å²) in [5.74, 6) is -4.97. The van der Waals surface area contributed by atoms with Crippen molar-refractivity contribution in [3.8, 4) is 0 Å². The molecule has 11 heteroatoms. The van der Waals surface area contributed by atoms with Crippen molar-refractivity contribution in [2.75, 3.05) is 0 Å². The van der Waals surface area contributed by atoms with Crippen molar-refractivity contribution in [3.05, 3.63) is 36.5 Å². The minimum atomic E-state index is -2.13. The summed E-state index contributed by atoms with van der Waals surface area (Å²) in [6, 6.07) is 0. The van der Waals surface area contributed by atoms with Gasteiger partial charge >= 0.3 is 5.97 Å². The fraction of sp³-hybridized carbons (Fsp3) is 0.818. The molecule has 1 spiro atoms. The van der Waals surface area contributed by atoms with Crippen LogP contribution in [0, 0.1) is 47.3 Å². The Morgan fingerprint density at radius 1 is 0.855 bits per heavy atom. The van der Waals surface area contributed by atoms with E-state index in [4.69, 9.17) is 14.2 Å². The lowest BCUT2D eigenvalue weighted by Gasteiger charge is -2.55. The van der Waals surface area contributed by atoms with Gasteiger partial charge in [0.25, 0.3) is 0 Å². The van der Waals surface area contributed by atoms with E-state index < -0.39 is 89.9 Å². The summed E-state index contributed by atoms with van der Waals surface area (Å²) in [7, 11) is 0. The molecule has 2 fully saturated rings. The molecule has 0 aromatic heterocycles. The van der Waals surface area contributed by atoms with Crippen molar-refractivity contribution in [2.45, 2.75) is 181 Å². The Bertz CT molecular complexity index is 1310. The van der Waals surface area contributed by atoms with Gasteiger partial charge in [-0.2, -0.15) is 0 Å². The molecule has 3 heterocycles. The van der Waals surface area contributed by atoms with Gasteiger partial charge in [0, 0.05) is 48.5 Å². The molecule has 55 heavy (non-hydrogen) atoms. The summed E-state index contributed by atoms with van der Waals surface area (Å²) in [5.41, 5.74) is -2.13. The van der Waals surface area contributed by atoms with Gasteiger partial charge in [-0.05, 0) is 70.1 Å². The molecule has 0 aromatic rings. The Morgan fingerprint density at radius 3 is 2.16 bits per heavy atom. The summed E-state index contributed by atoms with van der Waals surface area (Å²) >= 11 is 0. The first kappa shape index (κ1) is 47.4. The highest BCUT2D eigenvalue weighted by Crippen LogP contribution is 2.49. The maximum Gasteiger partial charge on any atom is 0.330 e. The zero-order valence-corrected chi connectivity index (χ0v) is 35.1. The highest BCUT2D eigenvalue weighted by molar-refractivity contribution is 5.87. The number of esters is 1. The molecule has 18 unspecified atom stereocenters. The van der Waals surface area contributed by atoms with Crippen molar-refractivity contribution in [1.82, 2.24) is 0 Å². The molecular formula is C44H74O11. The monoisotopic (exact) mass is 779 g/mol. The number of ketones is 1. The first-order valence-electron chi connectivity index (χ1n) is 20.9. The van der Waals surface area contributed by atoms with Gasteiger partial charge in [-0.15, -0.1) is 0 Å². The van der Waals surface area contributed by atoms with E-state index in [0.717, 1.165) is 19.3 Å². The first-order valence-corrected chi connectivity index (χ1v) is 20.9. The average Bonchev–Trinajstić information content (AvgIpc) is 3.14. The van der Waals surface area contributed by atoms with Gasteiger partial charge in [-0.25, -0.2) is 4.79 Å². The summed E-state index contributed by atoms with van der Waals surface area (Å²) in [5, 5.41) is 65.7. The van der Waals surface area contributed by atoms with Crippen molar-refractivity contribution in [3.63, 3.8) is 0 Å². The lowest BCUT2D eigenvalue weighted by atomic mass is 9.74. The van der Waals surface area contributed by atoms with Gasteiger partial charge in [0.05, 0.1) is 42.7 Å². The number of ether oxygens (including phenoxy) is 3. The van der Waals surface area contributed by atoms with Crippen LogP contribution in [0.2, 0.25) is 0 Å². The summed E-state index contributed by atoms with van der Waals surface area (Å²) in [4.78, 5) is 26.7. The maximum atomic E-state index is 13.5. The number of carbonyl (C=O) groups is 2. The molecule has 0 aromatic carbocycles. The molecule has 0 saturated carbocycles. The van der Waals surface area contributed by atoms with E-state index in [0.29, 0.717) is 25.7 Å². The maximum absolute atomic E-state index is 13.5. The highest BCUT2D eigenvalue weighted by Gasteiger charge is 2.56. The minimum absolute atomic E-state index is 0.154. The molecule has 316 valence electrons. The van der Waals surface area contributed by atoms with E-state index in [1.165, 1.54) is 13.0 Å². The van der Waals surface area contributed by atoms with Crippen LogP contribution in [0.1, 0.15) is 121 Å². The molecule has 3 rings (SSSR count). The number of allylic oxidation sites excluding steroid dienone is 4. The molecular weight excluding hydrogens is 704 g/mol. The molecule has 3 aliphatic heterocycles. The summed E-state index contributed by atoms with van der Waals surface area (Å²) < 4.78 is 20.0. The van der Waals surface area contributed by atoms with Crippen LogP contribution in [0.25, 0.3) is 0 Å². The van der Waals surface area contributed by atoms with E-state index in [9.17, 15) is 40.2 Å². The zero-order chi connectivity index (χ0) is 41.4. The second-order valence-corrected chi connectivity index (χ2v) is 17.8. The van der Waals surface area contributed by atoms with Gasteiger partial charge in [-0.1, -0.05) is 85.8 Å². The molecule has 11 nitrogen and oxygen atoms in total. The Kier molecular flexibility index (Phi) is 17.8. The Morgan fingerprint density at radius 2 is 1.53 bits per heavy atom. The molecule has 0 aliphatic carbocycles. The van der Waals surface area contributed by atoms with Crippen LogP contribution in [-0.2, 0) is 23.8 Å². The van der Waals surface area contributed by atoms with Crippen molar-refractivity contribution < 1.29 is 54.4 Å². The Labute approximate surface area is 330 Å². The van der Waals surface area contributed by atoms with Crippen LogP contribution in [0.4, 0.5) is 0 Å². The number of aliphatic hydroxyl groups is 6. The Hall–Kier alpha value is -1.96. The molecule has 18 atom stereocenters. The fourth-order valence-electron chi connectivity index (χ4n) is 8.75. The molecule has 2 bridgehead atoms. The third-order valence-corrected chi connectivity index (χ3v) is 13.3. The number of hydrogen-bond donors (Lipinski definition) is 6. The topological polar surface area (TPSA) is 183 Å².